The lowest BCUT2D eigenvalue weighted by Gasteiger charge is -2.05. The van der Waals surface area contributed by atoms with Crippen LogP contribution in [0.4, 0.5) is 0 Å². The highest BCUT2D eigenvalue weighted by molar-refractivity contribution is 5.67. The Bertz CT molecular complexity index is 718. The Morgan fingerprint density at radius 3 is 2.89 bits per heavy atom. The molecule has 0 amide bonds. The fourth-order valence-corrected chi connectivity index (χ4v) is 2.18. The van der Waals surface area contributed by atoms with Crippen LogP contribution in [0, 0.1) is 0 Å². The first-order valence-electron chi connectivity index (χ1n) is 6.28. The zero-order chi connectivity index (χ0) is 13.2. The van der Waals surface area contributed by atoms with E-state index in [0.29, 0.717) is 5.88 Å². The quantitative estimate of drug-likeness (QED) is 0.720. The molecule has 19 heavy (non-hydrogen) atoms. The average Bonchev–Trinajstić information content (AvgIpc) is 2.89. The molecule has 3 heterocycles. The minimum Gasteiger partial charge on any atom is -0.481 e. The van der Waals surface area contributed by atoms with Crippen LogP contribution in [0.1, 0.15) is 12.5 Å². The number of nitrogens with zero attached hydrogens (tertiary/aromatic N) is 3. The number of ether oxygens (including phenoxy) is 1. The van der Waals surface area contributed by atoms with Gasteiger partial charge in [0.2, 0.25) is 5.88 Å². The third-order valence-corrected chi connectivity index (χ3v) is 3.25. The van der Waals surface area contributed by atoms with E-state index in [-0.39, 0.29) is 0 Å². The van der Waals surface area contributed by atoms with Gasteiger partial charge in [0.15, 0.2) is 0 Å². The highest BCUT2D eigenvalue weighted by Gasteiger charge is 2.05. The molecule has 3 aromatic heterocycles. The highest BCUT2D eigenvalue weighted by Crippen LogP contribution is 2.23. The number of rotatable bonds is 3. The maximum atomic E-state index is 5.15. The van der Waals surface area contributed by atoms with Gasteiger partial charge >= 0.3 is 0 Å². The van der Waals surface area contributed by atoms with Crippen molar-refractivity contribution < 1.29 is 4.74 Å². The van der Waals surface area contributed by atoms with Crippen LogP contribution >= 0.6 is 0 Å². The van der Waals surface area contributed by atoms with Crippen molar-refractivity contribution in [2.24, 2.45) is 0 Å². The molecule has 0 atom stereocenters. The first-order chi connectivity index (χ1) is 9.31. The van der Waals surface area contributed by atoms with Crippen molar-refractivity contribution in [2.45, 2.75) is 13.3 Å². The molecule has 4 heteroatoms. The van der Waals surface area contributed by atoms with Gasteiger partial charge in [-0.2, -0.15) is 5.10 Å². The molecule has 0 radical (unpaired) electrons. The molecule has 0 spiro atoms. The molecule has 0 aliphatic heterocycles. The Hall–Kier alpha value is -2.36. The SMILES string of the molecule is CCc1cnn2cc(-c3ccnc(OC)c3)ccc12. The zero-order valence-corrected chi connectivity index (χ0v) is 11.0. The van der Waals surface area contributed by atoms with E-state index in [4.69, 9.17) is 4.74 Å². The van der Waals surface area contributed by atoms with Crippen molar-refractivity contribution >= 4 is 5.52 Å². The molecule has 0 aromatic carbocycles. The van der Waals surface area contributed by atoms with Crippen LogP contribution in [-0.4, -0.2) is 21.7 Å². The fourth-order valence-electron chi connectivity index (χ4n) is 2.18. The van der Waals surface area contributed by atoms with E-state index in [1.807, 2.05) is 29.0 Å². The molecule has 0 bridgehead atoms. The molecule has 0 fully saturated rings. The van der Waals surface area contributed by atoms with Crippen LogP contribution < -0.4 is 4.74 Å². The third kappa shape index (κ3) is 2.05. The lowest BCUT2D eigenvalue weighted by molar-refractivity contribution is 0.398. The molecule has 0 aliphatic carbocycles. The highest BCUT2D eigenvalue weighted by atomic mass is 16.5. The van der Waals surface area contributed by atoms with E-state index in [1.54, 1.807) is 13.3 Å². The van der Waals surface area contributed by atoms with Gasteiger partial charge in [-0.25, -0.2) is 9.50 Å². The first kappa shape index (κ1) is 11.7. The number of hydrogen-bond donors (Lipinski definition) is 0. The second-order valence-corrected chi connectivity index (χ2v) is 4.36. The minimum absolute atomic E-state index is 0.618. The largest absolute Gasteiger partial charge is 0.481 e. The van der Waals surface area contributed by atoms with Gasteiger partial charge < -0.3 is 4.74 Å². The van der Waals surface area contributed by atoms with Crippen molar-refractivity contribution in [2.75, 3.05) is 7.11 Å². The van der Waals surface area contributed by atoms with Gasteiger partial charge in [0, 0.05) is 24.0 Å². The molecule has 0 unspecified atom stereocenters. The second kappa shape index (κ2) is 4.72. The van der Waals surface area contributed by atoms with E-state index in [9.17, 15) is 0 Å². The number of hydrogen-bond acceptors (Lipinski definition) is 3. The standard InChI is InChI=1S/C15H15N3O/c1-3-11-9-17-18-10-13(4-5-14(11)18)12-6-7-16-15(8-12)19-2/h4-10H,3H2,1-2H3. The van der Waals surface area contributed by atoms with Crippen LogP contribution in [0.2, 0.25) is 0 Å². The van der Waals surface area contributed by atoms with Crippen molar-refractivity contribution in [3.63, 3.8) is 0 Å². The summed E-state index contributed by atoms with van der Waals surface area (Å²) in [6.45, 7) is 2.14. The average molecular weight is 253 g/mol. The molecule has 96 valence electrons. The number of methoxy groups -OCH3 is 1. The van der Waals surface area contributed by atoms with Crippen molar-refractivity contribution in [1.29, 1.82) is 0 Å². The summed E-state index contributed by atoms with van der Waals surface area (Å²) in [6, 6.07) is 8.10. The van der Waals surface area contributed by atoms with E-state index in [2.05, 4.69) is 29.1 Å². The number of aryl methyl sites for hydroxylation is 1. The minimum atomic E-state index is 0.618. The molecule has 0 aliphatic rings. The van der Waals surface area contributed by atoms with E-state index >= 15 is 0 Å². The fraction of sp³-hybridized carbons (Fsp3) is 0.200. The molecule has 0 N–H and O–H groups in total. The summed E-state index contributed by atoms with van der Waals surface area (Å²) in [7, 11) is 1.62. The van der Waals surface area contributed by atoms with Crippen LogP contribution in [-0.2, 0) is 6.42 Å². The summed E-state index contributed by atoms with van der Waals surface area (Å²) < 4.78 is 7.07. The summed E-state index contributed by atoms with van der Waals surface area (Å²) in [4.78, 5) is 4.12. The first-order valence-corrected chi connectivity index (χ1v) is 6.28. The van der Waals surface area contributed by atoms with Crippen LogP contribution in [0.15, 0.2) is 42.9 Å². The third-order valence-electron chi connectivity index (χ3n) is 3.25. The molecule has 0 saturated carbocycles. The Kier molecular flexibility index (Phi) is 2.91. The normalized spacial score (nSPS) is 10.8. The van der Waals surface area contributed by atoms with Crippen molar-refractivity contribution in [1.82, 2.24) is 14.6 Å². The van der Waals surface area contributed by atoms with Gasteiger partial charge in [-0.1, -0.05) is 13.0 Å². The Balaban J connectivity index is 2.09. The van der Waals surface area contributed by atoms with Crippen molar-refractivity contribution in [3.05, 3.63) is 48.4 Å². The maximum Gasteiger partial charge on any atom is 0.213 e. The number of aromatic nitrogens is 3. The van der Waals surface area contributed by atoms with Gasteiger partial charge in [-0.05, 0) is 29.7 Å². The predicted octanol–water partition coefficient (Wildman–Crippen LogP) is 2.97. The molecule has 3 rings (SSSR count). The summed E-state index contributed by atoms with van der Waals surface area (Å²) in [5.41, 5.74) is 4.59. The predicted molar refractivity (Wildman–Crippen MR) is 74.4 cm³/mol. The maximum absolute atomic E-state index is 5.15. The molecule has 4 nitrogen and oxygen atoms in total. The molecule has 0 saturated heterocycles. The van der Waals surface area contributed by atoms with Gasteiger partial charge in [-0.3, -0.25) is 0 Å². The summed E-state index contributed by atoms with van der Waals surface area (Å²) in [5, 5.41) is 4.39. The lowest BCUT2D eigenvalue weighted by Crippen LogP contribution is -1.91. The van der Waals surface area contributed by atoms with Crippen LogP contribution in [0.5, 0.6) is 5.88 Å². The zero-order valence-electron chi connectivity index (χ0n) is 11.0. The Morgan fingerprint density at radius 1 is 1.21 bits per heavy atom. The van der Waals surface area contributed by atoms with Crippen LogP contribution in [0.3, 0.4) is 0 Å². The Labute approximate surface area is 111 Å². The van der Waals surface area contributed by atoms with Gasteiger partial charge in [0.25, 0.3) is 0 Å². The van der Waals surface area contributed by atoms with Gasteiger partial charge in [0.1, 0.15) is 0 Å². The van der Waals surface area contributed by atoms with E-state index in [0.717, 1.165) is 23.1 Å². The number of fused-ring (bicyclic) bond motifs is 1. The van der Waals surface area contributed by atoms with E-state index < -0.39 is 0 Å². The molecular weight excluding hydrogens is 238 g/mol. The van der Waals surface area contributed by atoms with Crippen molar-refractivity contribution in [3.8, 4) is 17.0 Å². The molecule has 3 aromatic rings. The monoisotopic (exact) mass is 253 g/mol. The van der Waals surface area contributed by atoms with E-state index in [1.165, 1.54) is 5.56 Å². The summed E-state index contributed by atoms with van der Waals surface area (Å²) in [6.07, 6.45) is 6.69. The van der Waals surface area contributed by atoms with Gasteiger partial charge in [0.05, 0.1) is 18.8 Å². The summed E-state index contributed by atoms with van der Waals surface area (Å²) in [5.74, 6) is 0.618. The van der Waals surface area contributed by atoms with Gasteiger partial charge in [-0.15, -0.1) is 0 Å². The Morgan fingerprint density at radius 2 is 2.11 bits per heavy atom. The van der Waals surface area contributed by atoms with Crippen LogP contribution in [0.25, 0.3) is 16.6 Å². The second-order valence-electron chi connectivity index (χ2n) is 4.36. The summed E-state index contributed by atoms with van der Waals surface area (Å²) >= 11 is 0. The number of pyridine rings is 2. The topological polar surface area (TPSA) is 39.4 Å². The molecular formula is C15H15N3O. The lowest BCUT2D eigenvalue weighted by atomic mass is 10.1. The smallest absolute Gasteiger partial charge is 0.213 e.